The maximum absolute atomic E-state index is 8.51. The standard InChI is InChI=1S/C9H19NO2S/c11-5-7-12-6-3-10-2-1-8-13-9-4-10/h11H,1-9H2. The van der Waals surface area contributed by atoms with E-state index in [0.717, 1.165) is 13.2 Å². The minimum Gasteiger partial charge on any atom is -0.394 e. The highest BCUT2D eigenvalue weighted by Gasteiger charge is 2.07. The Balaban J connectivity index is 1.98. The molecule has 78 valence electrons. The fourth-order valence-corrected chi connectivity index (χ4v) is 2.31. The van der Waals surface area contributed by atoms with E-state index in [0.29, 0.717) is 6.61 Å². The first-order valence-corrected chi connectivity index (χ1v) is 6.07. The molecule has 1 aliphatic heterocycles. The van der Waals surface area contributed by atoms with Gasteiger partial charge in [0.1, 0.15) is 0 Å². The van der Waals surface area contributed by atoms with Gasteiger partial charge in [-0.2, -0.15) is 11.8 Å². The molecule has 0 aromatic carbocycles. The molecule has 1 rings (SSSR count). The molecule has 0 saturated carbocycles. The molecule has 0 aliphatic carbocycles. The number of rotatable bonds is 5. The second kappa shape index (κ2) is 7.62. The van der Waals surface area contributed by atoms with E-state index in [2.05, 4.69) is 4.90 Å². The Kier molecular flexibility index (Phi) is 6.62. The molecule has 0 amide bonds. The highest BCUT2D eigenvalue weighted by molar-refractivity contribution is 7.99. The molecule has 1 fully saturated rings. The SMILES string of the molecule is OCCOCCN1CCCSCC1. The summed E-state index contributed by atoms with van der Waals surface area (Å²) in [4.78, 5) is 2.44. The fraction of sp³-hybridized carbons (Fsp3) is 1.00. The molecule has 0 unspecified atom stereocenters. The Morgan fingerprint density at radius 3 is 3.00 bits per heavy atom. The molecule has 1 N–H and O–H groups in total. The van der Waals surface area contributed by atoms with Crippen LogP contribution in [-0.2, 0) is 4.74 Å². The maximum Gasteiger partial charge on any atom is 0.0698 e. The zero-order chi connectivity index (χ0) is 9.36. The monoisotopic (exact) mass is 205 g/mol. The lowest BCUT2D eigenvalue weighted by Crippen LogP contribution is -2.29. The third-order valence-corrected chi connectivity index (χ3v) is 3.15. The number of hydrogen-bond acceptors (Lipinski definition) is 4. The predicted octanol–water partition coefficient (Wildman–Crippen LogP) is 0.434. The summed E-state index contributed by atoms with van der Waals surface area (Å²) in [6.45, 7) is 4.77. The van der Waals surface area contributed by atoms with Gasteiger partial charge in [-0.1, -0.05) is 0 Å². The molecule has 1 heterocycles. The van der Waals surface area contributed by atoms with Crippen molar-refractivity contribution >= 4 is 11.8 Å². The normalized spacial score (nSPS) is 20.1. The second-order valence-corrected chi connectivity index (χ2v) is 4.37. The van der Waals surface area contributed by atoms with Gasteiger partial charge in [-0.3, -0.25) is 0 Å². The van der Waals surface area contributed by atoms with Crippen molar-refractivity contribution in [2.24, 2.45) is 0 Å². The Morgan fingerprint density at radius 1 is 1.23 bits per heavy atom. The second-order valence-electron chi connectivity index (χ2n) is 3.14. The van der Waals surface area contributed by atoms with E-state index < -0.39 is 0 Å². The fourth-order valence-electron chi connectivity index (χ4n) is 1.38. The summed E-state index contributed by atoms with van der Waals surface area (Å²) in [7, 11) is 0. The van der Waals surface area contributed by atoms with E-state index in [1.54, 1.807) is 0 Å². The summed E-state index contributed by atoms with van der Waals surface area (Å²) in [5, 5.41) is 8.51. The highest BCUT2D eigenvalue weighted by Crippen LogP contribution is 2.09. The lowest BCUT2D eigenvalue weighted by atomic mass is 10.4. The summed E-state index contributed by atoms with van der Waals surface area (Å²) >= 11 is 2.04. The number of aliphatic hydroxyl groups is 1. The molecule has 0 atom stereocenters. The van der Waals surface area contributed by atoms with Crippen LogP contribution in [0.1, 0.15) is 6.42 Å². The molecule has 0 aromatic heterocycles. The molecule has 4 heteroatoms. The van der Waals surface area contributed by atoms with Gasteiger partial charge in [0, 0.05) is 18.8 Å². The molecule has 13 heavy (non-hydrogen) atoms. The van der Waals surface area contributed by atoms with Crippen molar-refractivity contribution in [1.29, 1.82) is 0 Å². The van der Waals surface area contributed by atoms with Crippen LogP contribution >= 0.6 is 11.8 Å². The molecular formula is C9H19NO2S. The molecule has 1 saturated heterocycles. The van der Waals surface area contributed by atoms with E-state index >= 15 is 0 Å². The van der Waals surface area contributed by atoms with Gasteiger partial charge in [-0.05, 0) is 18.7 Å². The van der Waals surface area contributed by atoms with Crippen LogP contribution in [0.5, 0.6) is 0 Å². The smallest absolute Gasteiger partial charge is 0.0698 e. The average molecular weight is 205 g/mol. The summed E-state index contributed by atoms with van der Waals surface area (Å²) < 4.78 is 5.23. The minimum atomic E-state index is 0.135. The summed E-state index contributed by atoms with van der Waals surface area (Å²) in [6, 6.07) is 0. The van der Waals surface area contributed by atoms with E-state index in [9.17, 15) is 0 Å². The van der Waals surface area contributed by atoms with Crippen molar-refractivity contribution in [1.82, 2.24) is 4.90 Å². The average Bonchev–Trinajstić information content (AvgIpc) is 2.41. The van der Waals surface area contributed by atoms with E-state index in [4.69, 9.17) is 9.84 Å². The van der Waals surface area contributed by atoms with E-state index in [1.807, 2.05) is 11.8 Å². The predicted molar refractivity (Wildman–Crippen MR) is 56.3 cm³/mol. The number of ether oxygens (including phenoxy) is 1. The molecule has 0 radical (unpaired) electrons. The van der Waals surface area contributed by atoms with Crippen LogP contribution in [0.25, 0.3) is 0 Å². The van der Waals surface area contributed by atoms with Crippen LogP contribution in [0.15, 0.2) is 0 Å². The Labute approximate surface area is 84.4 Å². The van der Waals surface area contributed by atoms with Gasteiger partial charge in [0.25, 0.3) is 0 Å². The minimum absolute atomic E-state index is 0.135. The number of thioether (sulfide) groups is 1. The van der Waals surface area contributed by atoms with Crippen molar-refractivity contribution in [2.45, 2.75) is 6.42 Å². The van der Waals surface area contributed by atoms with Gasteiger partial charge in [0.15, 0.2) is 0 Å². The molecule has 0 bridgehead atoms. The van der Waals surface area contributed by atoms with Crippen LogP contribution < -0.4 is 0 Å². The largest absolute Gasteiger partial charge is 0.394 e. The van der Waals surface area contributed by atoms with Crippen LogP contribution in [-0.4, -0.2) is 61.0 Å². The Morgan fingerprint density at radius 2 is 2.15 bits per heavy atom. The third-order valence-electron chi connectivity index (χ3n) is 2.10. The van der Waals surface area contributed by atoms with Gasteiger partial charge in [0.05, 0.1) is 19.8 Å². The van der Waals surface area contributed by atoms with Crippen LogP contribution in [0, 0.1) is 0 Å². The van der Waals surface area contributed by atoms with Crippen molar-refractivity contribution in [2.75, 3.05) is 51.0 Å². The zero-order valence-electron chi connectivity index (χ0n) is 8.07. The molecule has 3 nitrogen and oxygen atoms in total. The quantitative estimate of drug-likeness (QED) is 0.660. The Hall–Kier alpha value is 0.230. The van der Waals surface area contributed by atoms with Crippen LogP contribution in [0.2, 0.25) is 0 Å². The highest BCUT2D eigenvalue weighted by atomic mass is 32.2. The first kappa shape index (κ1) is 11.3. The van der Waals surface area contributed by atoms with Gasteiger partial charge >= 0.3 is 0 Å². The van der Waals surface area contributed by atoms with Crippen molar-refractivity contribution in [3.05, 3.63) is 0 Å². The van der Waals surface area contributed by atoms with Crippen LogP contribution in [0.3, 0.4) is 0 Å². The zero-order valence-corrected chi connectivity index (χ0v) is 8.89. The first-order valence-electron chi connectivity index (χ1n) is 4.92. The lowest BCUT2D eigenvalue weighted by Gasteiger charge is -2.18. The topological polar surface area (TPSA) is 32.7 Å². The van der Waals surface area contributed by atoms with Crippen molar-refractivity contribution < 1.29 is 9.84 Å². The van der Waals surface area contributed by atoms with Crippen LogP contribution in [0.4, 0.5) is 0 Å². The van der Waals surface area contributed by atoms with Crippen molar-refractivity contribution in [3.8, 4) is 0 Å². The molecule has 0 spiro atoms. The molecule has 1 aliphatic rings. The maximum atomic E-state index is 8.51. The van der Waals surface area contributed by atoms with Gasteiger partial charge < -0.3 is 14.7 Å². The van der Waals surface area contributed by atoms with E-state index in [1.165, 1.54) is 31.0 Å². The summed E-state index contributed by atoms with van der Waals surface area (Å²) in [5.74, 6) is 2.55. The molecule has 0 aromatic rings. The summed E-state index contributed by atoms with van der Waals surface area (Å²) in [5.41, 5.74) is 0. The van der Waals surface area contributed by atoms with Gasteiger partial charge in [0.2, 0.25) is 0 Å². The lowest BCUT2D eigenvalue weighted by molar-refractivity contribution is 0.0752. The summed E-state index contributed by atoms with van der Waals surface area (Å²) in [6.07, 6.45) is 1.30. The first-order chi connectivity index (χ1) is 6.43. The molecular weight excluding hydrogens is 186 g/mol. The van der Waals surface area contributed by atoms with E-state index in [-0.39, 0.29) is 6.61 Å². The number of aliphatic hydroxyl groups excluding tert-OH is 1. The number of hydrogen-bond donors (Lipinski definition) is 1. The Bertz CT molecular complexity index is 116. The van der Waals surface area contributed by atoms with Gasteiger partial charge in [-0.25, -0.2) is 0 Å². The van der Waals surface area contributed by atoms with Gasteiger partial charge in [-0.15, -0.1) is 0 Å². The number of nitrogens with zero attached hydrogens (tertiary/aromatic N) is 1. The third kappa shape index (κ3) is 5.52. The van der Waals surface area contributed by atoms with Crippen molar-refractivity contribution in [3.63, 3.8) is 0 Å².